The lowest BCUT2D eigenvalue weighted by molar-refractivity contribution is 0.210. The molecule has 0 spiro atoms. The largest absolute Gasteiger partial charge is 0.465 e. The van der Waals surface area contributed by atoms with E-state index in [9.17, 15) is 9.59 Å². The van der Waals surface area contributed by atoms with E-state index in [-0.39, 0.29) is 5.56 Å². The first-order valence-corrected chi connectivity index (χ1v) is 7.88. The molecule has 2 heterocycles. The van der Waals surface area contributed by atoms with Gasteiger partial charge in [-0.3, -0.25) is 10.1 Å². The van der Waals surface area contributed by atoms with Crippen LogP contribution in [0.3, 0.4) is 0 Å². The van der Waals surface area contributed by atoms with E-state index in [0.717, 1.165) is 22.1 Å². The van der Waals surface area contributed by atoms with Crippen LogP contribution in [0.25, 0.3) is 21.8 Å². The third-order valence-electron chi connectivity index (χ3n) is 4.04. The summed E-state index contributed by atoms with van der Waals surface area (Å²) in [6.45, 7) is 0. The van der Waals surface area contributed by atoms with Crippen molar-refractivity contribution in [2.24, 2.45) is 0 Å². The van der Waals surface area contributed by atoms with Gasteiger partial charge in [0.2, 0.25) is 0 Å². The van der Waals surface area contributed by atoms with Crippen LogP contribution in [0.1, 0.15) is 0 Å². The molecule has 0 aliphatic rings. The second kappa shape index (κ2) is 6.21. The molecule has 26 heavy (non-hydrogen) atoms. The number of benzene rings is 2. The molecule has 4 rings (SSSR count). The summed E-state index contributed by atoms with van der Waals surface area (Å²) in [7, 11) is 0. The Morgan fingerprint density at radius 1 is 0.962 bits per heavy atom. The molecule has 4 N–H and O–H groups in total. The normalized spacial score (nSPS) is 10.8. The zero-order chi connectivity index (χ0) is 18.1. The number of nitrogens with zero attached hydrogens (tertiary/aromatic N) is 1. The standard InChI is InChI=1S/C19H14N4O3/c24-18-14-4-2-1-3-13(14)16-15(9-10-20-17(16)23-18)21-11-5-7-12(8-6-11)22-19(25)26/h1-10,22H,(H,25,26)(H2,20,21,23,24). The van der Waals surface area contributed by atoms with Gasteiger partial charge in [-0.25, -0.2) is 9.78 Å². The summed E-state index contributed by atoms with van der Waals surface area (Å²) >= 11 is 0. The minimum absolute atomic E-state index is 0.179. The lowest BCUT2D eigenvalue weighted by atomic mass is 10.1. The molecule has 0 radical (unpaired) electrons. The van der Waals surface area contributed by atoms with Crippen LogP contribution >= 0.6 is 0 Å². The first-order chi connectivity index (χ1) is 12.6. The van der Waals surface area contributed by atoms with Crippen molar-refractivity contribution in [3.8, 4) is 0 Å². The number of H-pyrrole nitrogens is 1. The molecule has 7 nitrogen and oxygen atoms in total. The van der Waals surface area contributed by atoms with Gasteiger partial charge in [0.25, 0.3) is 5.56 Å². The zero-order valence-corrected chi connectivity index (χ0v) is 13.5. The highest BCUT2D eigenvalue weighted by Crippen LogP contribution is 2.29. The fourth-order valence-electron chi connectivity index (χ4n) is 2.92. The Labute approximate surface area is 147 Å². The summed E-state index contributed by atoms with van der Waals surface area (Å²) in [4.78, 5) is 30.0. The molecule has 0 saturated carbocycles. The summed E-state index contributed by atoms with van der Waals surface area (Å²) in [5.41, 5.74) is 2.38. The minimum Gasteiger partial charge on any atom is -0.465 e. The molecule has 0 saturated heterocycles. The first kappa shape index (κ1) is 15.6. The molecule has 2 aromatic carbocycles. The maximum Gasteiger partial charge on any atom is 0.409 e. The smallest absolute Gasteiger partial charge is 0.409 e. The van der Waals surface area contributed by atoms with E-state index in [1.807, 2.05) is 24.3 Å². The van der Waals surface area contributed by atoms with E-state index >= 15 is 0 Å². The van der Waals surface area contributed by atoms with Crippen molar-refractivity contribution in [1.29, 1.82) is 0 Å². The molecule has 2 aromatic heterocycles. The number of fused-ring (bicyclic) bond motifs is 3. The Bertz CT molecular complexity index is 1180. The van der Waals surface area contributed by atoms with E-state index in [1.54, 1.807) is 36.5 Å². The molecule has 0 bridgehead atoms. The molecule has 0 unspecified atom stereocenters. The van der Waals surface area contributed by atoms with Crippen LogP contribution in [0, 0.1) is 0 Å². The van der Waals surface area contributed by atoms with Crippen molar-refractivity contribution in [2.45, 2.75) is 0 Å². The molecule has 7 heteroatoms. The molecular formula is C19H14N4O3. The maximum absolute atomic E-state index is 12.2. The molecule has 0 fully saturated rings. The number of anilines is 3. The number of hydrogen-bond donors (Lipinski definition) is 4. The summed E-state index contributed by atoms with van der Waals surface area (Å²) in [5, 5.41) is 16.6. The molecule has 0 aliphatic carbocycles. The summed E-state index contributed by atoms with van der Waals surface area (Å²) < 4.78 is 0. The van der Waals surface area contributed by atoms with Crippen molar-refractivity contribution in [2.75, 3.05) is 10.6 Å². The highest BCUT2D eigenvalue weighted by molar-refractivity contribution is 6.10. The molecular weight excluding hydrogens is 332 g/mol. The Morgan fingerprint density at radius 2 is 1.65 bits per heavy atom. The molecule has 0 aliphatic heterocycles. The predicted octanol–water partition coefficient (Wildman–Crippen LogP) is 3.91. The summed E-state index contributed by atoms with van der Waals surface area (Å²) in [6, 6.07) is 16.1. The molecule has 0 atom stereocenters. The third kappa shape index (κ3) is 2.82. The highest BCUT2D eigenvalue weighted by Gasteiger charge is 2.10. The second-order valence-electron chi connectivity index (χ2n) is 5.71. The lowest BCUT2D eigenvalue weighted by Gasteiger charge is -2.12. The van der Waals surface area contributed by atoms with E-state index in [4.69, 9.17) is 5.11 Å². The van der Waals surface area contributed by atoms with Crippen molar-refractivity contribution >= 4 is 45.0 Å². The number of rotatable bonds is 3. The predicted molar refractivity (Wildman–Crippen MR) is 101 cm³/mol. The number of carbonyl (C=O) groups is 1. The topological polar surface area (TPSA) is 107 Å². The van der Waals surface area contributed by atoms with E-state index < -0.39 is 6.09 Å². The van der Waals surface area contributed by atoms with Gasteiger partial charge in [0.15, 0.2) is 0 Å². The van der Waals surface area contributed by atoms with Gasteiger partial charge >= 0.3 is 6.09 Å². The van der Waals surface area contributed by atoms with Crippen molar-refractivity contribution in [3.05, 3.63) is 71.1 Å². The van der Waals surface area contributed by atoms with Crippen molar-refractivity contribution in [3.63, 3.8) is 0 Å². The average molecular weight is 346 g/mol. The zero-order valence-electron chi connectivity index (χ0n) is 13.5. The fraction of sp³-hybridized carbons (Fsp3) is 0. The van der Waals surface area contributed by atoms with Gasteiger partial charge in [-0.2, -0.15) is 0 Å². The first-order valence-electron chi connectivity index (χ1n) is 7.88. The average Bonchev–Trinajstić information content (AvgIpc) is 2.63. The number of aromatic nitrogens is 2. The van der Waals surface area contributed by atoms with E-state index in [2.05, 4.69) is 20.6 Å². The van der Waals surface area contributed by atoms with Gasteiger partial charge in [-0.15, -0.1) is 0 Å². The van der Waals surface area contributed by atoms with Crippen LogP contribution < -0.4 is 16.2 Å². The Morgan fingerprint density at radius 3 is 2.38 bits per heavy atom. The third-order valence-corrected chi connectivity index (χ3v) is 4.04. The quantitative estimate of drug-likeness (QED) is 0.421. The molecule has 1 amide bonds. The number of hydrogen-bond acceptors (Lipinski definition) is 4. The van der Waals surface area contributed by atoms with E-state index in [1.165, 1.54) is 0 Å². The van der Waals surface area contributed by atoms with Gasteiger partial charge in [0, 0.05) is 33.7 Å². The van der Waals surface area contributed by atoms with Gasteiger partial charge in [-0.05, 0) is 36.4 Å². The van der Waals surface area contributed by atoms with Crippen molar-refractivity contribution < 1.29 is 9.90 Å². The van der Waals surface area contributed by atoms with Crippen LogP contribution in [0.15, 0.2) is 65.6 Å². The maximum atomic E-state index is 12.2. The van der Waals surface area contributed by atoms with Crippen LogP contribution in [0.5, 0.6) is 0 Å². The Kier molecular flexibility index (Phi) is 3.74. The number of carboxylic acid groups (broad SMARTS) is 1. The van der Waals surface area contributed by atoms with Crippen molar-refractivity contribution in [1.82, 2.24) is 9.97 Å². The SMILES string of the molecule is O=C(O)Nc1ccc(Nc2ccnc3[nH]c(=O)c4ccccc4c23)cc1. The van der Waals surface area contributed by atoms with Gasteiger partial charge < -0.3 is 15.4 Å². The highest BCUT2D eigenvalue weighted by atomic mass is 16.4. The Hall–Kier alpha value is -3.87. The van der Waals surface area contributed by atoms with E-state index in [0.29, 0.717) is 16.7 Å². The lowest BCUT2D eigenvalue weighted by Crippen LogP contribution is -2.08. The van der Waals surface area contributed by atoms with Crippen LogP contribution in [0.2, 0.25) is 0 Å². The van der Waals surface area contributed by atoms with Gasteiger partial charge in [-0.1, -0.05) is 18.2 Å². The monoisotopic (exact) mass is 346 g/mol. The Balaban J connectivity index is 1.81. The minimum atomic E-state index is -1.11. The van der Waals surface area contributed by atoms with Gasteiger partial charge in [0.05, 0.1) is 5.69 Å². The number of nitrogens with one attached hydrogen (secondary N) is 3. The molecule has 128 valence electrons. The fourth-order valence-corrected chi connectivity index (χ4v) is 2.92. The number of amides is 1. The molecule has 4 aromatic rings. The van der Waals surface area contributed by atoms with Crippen LogP contribution in [0.4, 0.5) is 21.9 Å². The summed E-state index contributed by atoms with van der Waals surface area (Å²) in [5.74, 6) is 0. The van der Waals surface area contributed by atoms with Crippen LogP contribution in [-0.4, -0.2) is 21.2 Å². The second-order valence-corrected chi connectivity index (χ2v) is 5.71. The van der Waals surface area contributed by atoms with Gasteiger partial charge in [0.1, 0.15) is 5.65 Å². The summed E-state index contributed by atoms with van der Waals surface area (Å²) in [6.07, 6.45) is 0.511. The van der Waals surface area contributed by atoms with Crippen LogP contribution in [-0.2, 0) is 0 Å². The number of pyridine rings is 2. The number of aromatic amines is 1.